The van der Waals surface area contributed by atoms with E-state index >= 15 is 0 Å². The highest BCUT2D eigenvalue weighted by Gasteiger charge is 2.53. The monoisotopic (exact) mass is 418 g/mol. The molecule has 2 N–H and O–H groups in total. The Morgan fingerprint density at radius 2 is 1.94 bits per heavy atom. The van der Waals surface area contributed by atoms with Gasteiger partial charge in [0.25, 0.3) is 5.91 Å². The van der Waals surface area contributed by atoms with E-state index in [-0.39, 0.29) is 12.0 Å². The van der Waals surface area contributed by atoms with Gasteiger partial charge in [-0.25, -0.2) is 0 Å². The maximum absolute atomic E-state index is 12.8. The average molecular weight is 419 g/mol. The summed E-state index contributed by atoms with van der Waals surface area (Å²) in [5, 5.41) is 6.93. The van der Waals surface area contributed by atoms with Crippen LogP contribution in [0.15, 0.2) is 48.5 Å². The Morgan fingerprint density at radius 3 is 2.74 bits per heavy atom. The molecule has 2 aliphatic carbocycles. The molecule has 5 rings (SSSR count). The molecule has 31 heavy (non-hydrogen) atoms. The van der Waals surface area contributed by atoms with E-state index in [1.807, 2.05) is 19.9 Å². The number of nitrogens with one attached hydrogen (secondary N) is 2. The summed E-state index contributed by atoms with van der Waals surface area (Å²) in [6.07, 6.45) is 5.10. The van der Waals surface area contributed by atoms with Crippen LogP contribution in [0.3, 0.4) is 0 Å². The Bertz CT molecular complexity index is 926. The number of anilines is 1. The van der Waals surface area contributed by atoms with Crippen molar-refractivity contribution < 1.29 is 9.53 Å². The lowest BCUT2D eigenvalue weighted by atomic mass is 9.68. The van der Waals surface area contributed by atoms with E-state index < -0.39 is 0 Å². The van der Waals surface area contributed by atoms with E-state index in [1.165, 1.54) is 36.1 Å². The van der Waals surface area contributed by atoms with Gasteiger partial charge in [0, 0.05) is 24.4 Å². The van der Waals surface area contributed by atoms with E-state index in [9.17, 15) is 4.79 Å². The molecule has 0 unspecified atom stereocenters. The second-order valence-electron chi connectivity index (χ2n) is 9.80. The Labute approximate surface area is 185 Å². The molecular weight excluding hydrogens is 384 g/mol. The Kier molecular flexibility index (Phi) is 5.75. The molecule has 2 bridgehead atoms. The van der Waals surface area contributed by atoms with Crippen molar-refractivity contribution in [3.63, 3.8) is 0 Å². The van der Waals surface area contributed by atoms with Gasteiger partial charge in [0.05, 0.1) is 12.1 Å². The van der Waals surface area contributed by atoms with E-state index in [1.54, 1.807) is 0 Å². The minimum Gasteiger partial charge on any atom is -0.379 e. The highest BCUT2D eigenvalue weighted by atomic mass is 16.5. The lowest BCUT2D eigenvalue weighted by Crippen LogP contribution is -2.35. The lowest BCUT2D eigenvalue weighted by molar-refractivity contribution is 0.0757. The van der Waals surface area contributed by atoms with Crippen molar-refractivity contribution in [3.05, 3.63) is 65.2 Å². The fourth-order valence-electron chi connectivity index (χ4n) is 6.31. The van der Waals surface area contributed by atoms with Gasteiger partial charge in [0.15, 0.2) is 0 Å². The van der Waals surface area contributed by atoms with Gasteiger partial charge in [-0.15, -0.1) is 0 Å². The molecule has 0 aromatic heterocycles. The zero-order valence-corrected chi connectivity index (χ0v) is 18.6. The normalized spacial score (nSPS) is 28.2. The summed E-state index contributed by atoms with van der Waals surface area (Å²) < 4.78 is 5.57. The number of hydrogen-bond acceptors (Lipinski definition) is 3. The van der Waals surface area contributed by atoms with Crippen molar-refractivity contribution >= 4 is 11.6 Å². The number of fused-ring (bicyclic) bond motifs is 7. The summed E-state index contributed by atoms with van der Waals surface area (Å²) in [6, 6.07) is 17.6. The van der Waals surface area contributed by atoms with Crippen molar-refractivity contribution in [1.82, 2.24) is 5.32 Å². The molecule has 2 fully saturated rings. The molecule has 4 nitrogen and oxygen atoms in total. The molecule has 3 aliphatic rings. The minimum atomic E-state index is 0.0252. The number of hydrogen-bond donors (Lipinski definition) is 2. The second-order valence-corrected chi connectivity index (χ2v) is 9.80. The summed E-state index contributed by atoms with van der Waals surface area (Å²) in [5.74, 6) is 2.76. The van der Waals surface area contributed by atoms with Gasteiger partial charge in [-0.05, 0) is 92.5 Å². The zero-order chi connectivity index (χ0) is 21.4. The van der Waals surface area contributed by atoms with Gasteiger partial charge >= 0.3 is 0 Å². The van der Waals surface area contributed by atoms with E-state index in [4.69, 9.17) is 4.74 Å². The summed E-state index contributed by atoms with van der Waals surface area (Å²) in [7, 11) is 0. The predicted octanol–water partition coefficient (Wildman–Crippen LogP) is 5.53. The average Bonchev–Trinajstić information content (AvgIpc) is 3.41. The maximum Gasteiger partial charge on any atom is 0.251 e. The first-order valence-electron chi connectivity index (χ1n) is 12.0. The molecule has 5 atom stereocenters. The van der Waals surface area contributed by atoms with Crippen molar-refractivity contribution in [3.8, 4) is 0 Å². The van der Waals surface area contributed by atoms with Gasteiger partial charge in [0.2, 0.25) is 0 Å². The van der Waals surface area contributed by atoms with Crippen LogP contribution in [0, 0.1) is 17.8 Å². The highest BCUT2D eigenvalue weighted by molar-refractivity contribution is 5.95. The quantitative estimate of drug-likeness (QED) is 0.582. The second kappa shape index (κ2) is 8.66. The van der Waals surface area contributed by atoms with Gasteiger partial charge in [0.1, 0.15) is 0 Å². The standard InChI is InChI=1S/C27H34N2O2/c1-17(2)31-14-6-13-28-27(30)21-11-12-23-22(16-21)24-19-9-10-20(15-19)25(24)26(29-23)18-7-4-3-5-8-18/h3-5,7-8,11-12,16-17,19-20,24-26,29H,6,9-10,13-15H2,1-2H3,(H,28,30)/t19-,20-,24-,25+,26-/m0/s1. The van der Waals surface area contributed by atoms with Crippen LogP contribution in [0.2, 0.25) is 0 Å². The first-order chi connectivity index (χ1) is 15.1. The number of benzene rings is 2. The van der Waals surface area contributed by atoms with Crippen molar-refractivity contribution in [2.75, 3.05) is 18.5 Å². The number of rotatable bonds is 7. The molecule has 1 heterocycles. The van der Waals surface area contributed by atoms with Crippen molar-refractivity contribution in [2.45, 2.75) is 57.6 Å². The van der Waals surface area contributed by atoms with Crippen LogP contribution >= 0.6 is 0 Å². The molecule has 2 aromatic carbocycles. The molecule has 0 spiro atoms. The first-order valence-corrected chi connectivity index (χ1v) is 12.0. The predicted molar refractivity (Wildman–Crippen MR) is 124 cm³/mol. The van der Waals surface area contributed by atoms with Crippen LogP contribution in [0.1, 0.15) is 73.0 Å². The van der Waals surface area contributed by atoms with Gasteiger partial charge in [-0.2, -0.15) is 0 Å². The van der Waals surface area contributed by atoms with Gasteiger partial charge < -0.3 is 15.4 Å². The fourth-order valence-corrected chi connectivity index (χ4v) is 6.31. The molecular formula is C27H34N2O2. The SMILES string of the molecule is CC(C)OCCCNC(=O)c1ccc2c(c1)[C@@H]1[C@H]3CC[C@@H](C3)[C@H]1[C@H](c1ccccc1)N2. The van der Waals surface area contributed by atoms with E-state index in [0.29, 0.717) is 31.0 Å². The van der Waals surface area contributed by atoms with Gasteiger partial charge in [-0.1, -0.05) is 30.3 Å². The molecule has 0 radical (unpaired) electrons. The zero-order valence-electron chi connectivity index (χ0n) is 18.6. The van der Waals surface area contributed by atoms with E-state index in [0.717, 1.165) is 23.8 Å². The van der Waals surface area contributed by atoms with Crippen LogP contribution < -0.4 is 10.6 Å². The summed E-state index contributed by atoms with van der Waals surface area (Å²) in [6.45, 7) is 5.39. The van der Waals surface area contributed by atoms with Crippen LogP contribution in [-0.2, 0) is 4.74 Å². The maximum atomic E-state index is 12.8. The molecule has 2 aromatic rings. The summed E-state index contributed by atoms with van der Waals surface area (Å²) in [5.41, 5.74) is 4.75. The summed E-state index contributed by atoms with van der Waals surface area (Å²) >= 11 is 0. The Hall–Kier alpha value is -2.33. The van der Waals surface area contributed by atoms with Crippen LogP contribution in [0.5, 0.6) is 0 Å². The number of carbonyl (C=O) groups excluding carboxylic acids is 1. The molecule has 164 valence electrons. The van der Waals surface area contributed by atoms with Crippen LogP contribution in [0.4, 0.5) is 5.69 Å². The third kappa shape index (κ3) is 3.98. The van der Waals surface area contributed by atoms with Gasteiger partial charge in [-0.3, -0.25) is 4.79 Å². The first kappa shape index (κ1) is 20.6. The number of amides is 1. The Morgan fingerprint density at radius 1 is 1.13 bits per heavy atom. The number of ether oxygens (including phenoxy) is 1. The third-order valence-electron chi connectivity index (χ3n) is 7.57. The number of carbonyl (C=O) groups is 1. The minimum absolute atomic E-state index is 0.0252. The molecule has 0 saturated heterocycles. The van der Waals surface area contributed by atoms with Crippen molar-refractivity contribution in [1.29, 1.82) is 0 Å². The third-order valence-corrected chi connectivity index (χ3v) is 7.57. The topological polar surface area (TPSA) is 50.4 Å². The van der Waals surface area contributed by atoms with E-state index in [2.05, 4.69) is 53.1 Å². The van der Waals surface area contributed by atoms with Crippen LogP contribution in [0.25, 0.3) is 0 Å². The smallest absolute Gasteiger partial charge is 0.251 e. The molecule has 1 aliphatic heterocycles. The molecule has 4 heteroatoms. The highest BCUT2D eigenvalue weighted by Crippen LogP contribution is 2.63. The van der Waals surface area contributed by atoms with Crippen LogP contribution in [-0.4, -0.2) is 25.2 Å². The molecule has 2 saturated carbocycles. The fraction of sp³-hybridized carbons (Fsp3) is 0.519. The lowest BCUT2D eigenvalue weighted by Gasteiger charge is -2.43. The Balaban J connectivity index is 1.35. The largest absolute Gasteiger partial charge is 0.379 e. The van der Waals surface area contributed by atoms with Crippen molar-refractivity contribution in [2.24, 2.45) is 17.8 Å². The summed E-state index contributed by atoms with van der Waals surface area (Å²) in [4.78, 5) is 12.8. The molecule has 1 amide bonds.